The summed E-state index contributed by atoms with van der Waals surface area (Å²) in [6, 6.07) is 3.43. The Morgan fingerprint density at radius 1 is 1.22 bits per heavy atom. The first kappa shape index (κ1) is 12.5. The fourth-order valence-electron chi connectivity index (χ4n) is 1.97. The number of aryl methyl sites for hydroxylation is 1. The van der Waals surface area contributed by atoms with E-state index in [0.717, 1.165) is 17.5 Å². The van der Waals surface area contributed by atoms with Crippen molar-refractivity contribution in [2.75, 3.05) is 5.73 Å². The number of rotatable bonds is 3. The van der Waals surface area contributed by atoms with E-state index in [1.165, 1.54) is 16.8 Å². The number of nitrogens with zero attached hydrogens (tertiary/aromatic N) is 2. The molecule has 1 aromatic heterocycles. The molecule has 0 radical (unpaired) electrons. The van der Waals surface area contributed by atoms with Crippen LogP contribution in [-0.4, -0.2) is 9.78 Å². The van der Waals surface area contributed by atoms with Gasteiger partial charge in [-0.3, -0.25) is 0 Å². The molecule has 0 fully saturated rings. The molecule has 0 aliphatic heterocycles. The van der Waals surface area contributed by atoms with E-state index >= 15 is 0 Å². The van der Waals surface area contributed by atoms with Gasteiger partial charge in [0, 0.05) is 6.07 Å². The fraction of sp³-hybridized carbons (Fsp3) is 0.308. The molecule has 0 unspecified atom stereocenters. The minimum absolute atomic E-state index is 0.222. The Morgan fingerprint density at radius 2 is 1.94 bits per heavy atom. The highest BCUT2D eigenvalue weighted by atomic mass is 19.1. The molecule has 2 aromatic rings. The fourth-order valence-corrected chi connectivity index (χ4v) is 1.97. The Balaban J connectivity index is 2.63. The van der Waals surface area contributed by atoms with Gasteiger partial charge in [-0.1, -0.05) is 13.8 Å². The van der Waals surface area contributed by atoms with Crippen molar-refractivity contribution in [3.63, 3.8) is 0 Å². The first-order chi connectivity index (χ1) is 8.58. The van der Waals surface area contributed by atoms with Gasteiger partial charge in [0.25, 0.3) is 0 Å². The zero-order chi connectivity index (χ0) is 13.3. The largest absolute Gasteiger partial charge is 0.396 e. The second kappa shape index (κ2) is 4.76. The summed E-state index contributed by atoms with van der Waals surface area (Å²) in [5, 5.41) is 4.29. The Labute approximate surface area is 104 Å². The molecule has 1 aromatic carbocycles. The van der Waals surface area contributed by atoms with E-state index in [-0.39, 0.29) is 5.69 Å². The van der Waals surface area contributed by atoms with E-state index in [0.29, 0.717) is 18.5 Å². The molecule has 0 saturated carbocycles. The van der Waals surface area contributed by atoms with Crippen molar-refractivity contribution in [2.45, 2.75) is 26.7 Å². The minimum Gasteiger partial charge on any atom is -0.396 e. The number of hydrogen-bond acceptors (Lipinski definition) is 2. The molecule has 0 amide bonds. The summed E-state index contributed by atoms with van der Waals surface area (Å²) in [7, 11) is 0. The topological polar surface area (TPSA) is 43.8 Å². The number of hydrogen-bond donors (Lipinski definition) is 1. The van der Waals surface area contributed by atoms with E-state index in [4.69, 9.17) is 5.73 Å². The van der Waals surface area contributed by atoms with Gasteiger partial charge in [-0.05, 0) is 25.0 Å². The monoisotopic (exact) mass is 251 g/mol. The van der Waals surface area contributed by atoms with Gasteiger partial charge in [-0.25, -0.2) is 13.5 Å². The van der Waals surface area contributed by atoms with Crippen LogP contribution in [0, 0.1) is 11.6 Å². The van der Waals surface area contributed by atoms with Crippen LogP contribution in [0.25, 0.3) is 5.69 Å². The van der Waals surface area contributed by atoms with Gasteiger partial charge >= 0.3 is 0 Å². The predicted molar refractivity (Wildman–Crippen MR) is 66.6 cm³/mol. The second-order valence-electron chi connectivity index (χ2n) is 4.02. The second-order valence-corrected chi connectivity index (χ2v) is 4.02. The number of benzene rings is 1. The van der Waals surface area contributed by atoms with Crippen molar-refractivity contribution in [3.05, 3.63) is 41.2 Å². The summed E-state index contributed by atoms with van der Waals surface area (Å²) in [6.45, 7) is 3.86. The summed E-state index contributed by atoms with van der Waals surface area (Å²) in [5.74, 6) is -1.25. The highest BCUT2D eigenvalue weighted by Crippen LogP contribution is 2.24. The van der Waals surface area contributed by atoms with Crippen molar-refractivity contribution >= 4 is 5.69 Å². The van der Waals surface area contributed by atoms with Crippen LogP contribution in [0.3, 0.4) is 0 Å². The molecule has 1 heterocycles. The van der Waals surface area contributed by atoms with Crippen molar-refractivity contribution in [1.29, 1.82) is 0 Å². The van der Waals surface area contributed by atoms with Crippen LogP contribution in [0.5, 0.6) is 0 Å². The first-order valence-electron chi connectivity index (χ1n) is 5.90. The molecule has 3 nitrogen and oxygen atoms in total. The lowest BCUT2D eigenvalue weighted by molar-refractivity contribution is 0.571. The first-order valence-corrected chi connectivity index (χ1v) is 5.90. The molecular formula is C13H15F2N3. The Hall–Kier alpha value is -1.91. The SMILES string of the molecule is CCc1nn(-c2ccc(F)cc2F)c(CC)c1N. The molecule has 0 atom stereocenters. The highest BCUT2D eigenvalue weighted by molar-refractivity contribution is 5.52. The summed E-state index contributed by atoms with van der Waals surface area (Å²) in [6.07, 6.45) is 1.31. The molecule has 2 rings (SSSR count). The average molecular weight is 251 g/mol. The third kappa shape index (κ3) is 1.96. The molecule has 96 valence electrons. The number of nitrogen functional groups attached to an aromatic ring is 1. The van der Waals surface area contributed by atoms with E-state index < -0.39 is 11.6 Å². The van der Waals surface area contributed by atoms with Gasteiger partial charge < -0.3 is 5.73 Å². The molecule has 18 heavy (non-hydrogen) atoms. The smallest absolute Gasteiger partial charge is 0.151 e. The Kier molecular flexibility index (Phi) is 3.32. The summed E-state index contributed by atoms with van der Waals surface area (Å²) < 4.78 is 28.1. The molecule has 0 spiro atoms. The number of nitrogens with two attached hydrogens (primary N) is 1. The lowest BCUT2D eigenvalue weighted by Crippen LogP contribution is -2.05. The van der Waals surface area contributed by atoms with Crippen molar-refractivity contribution in [1.82, 2.24) is 9.78 Å². The lowest BCUT2D eigenvalue weighted by Gasteiger charge is -2.07. The summed E-state index contributed by atoms with van der Waals surface area (Å²) in [5.41, 5.74) is 8.25. The van der Waals surface area contributed by atoms with Crippen molar-refractivity contribution in [2.24, 2.45) is 0 Å². The van der Waals surface area contributed by atoms with Crippen molar-refractivity contribution in [3.8, 4) is 5.69 Å². The standard InChI is InChI=1S/C13H15F2N3/c1-3-10-13(16)11(4-2)18(17-10)12-6-5-8(14)7-9(12)15/h5-7H,3-4,16H2,1-2H3. The van der Waals surface area contributed by atoms with E-state index in [9.17, 15) is 8.78 Å². The van der Waals surface area contributed by atoms with Crippen LogP contribution in [0.15, 0.2) is 18.2 Å². The quantitative estimate of drug-likeness (QED) is 0.911. The zero-order valence-corrected chi connectivity index (χ0v) is 10.4. The average Bonchev–Trinajstić information content (AvgIpc) is 2.65. The third-order valence-electron chi connectivity index (χ3n) is 2.91. The normalized spacial score (nSPS) is 10.9. The Bertz CT molecular complexity index is 576. The van der Waals surface area contributed by atoms with Crippen molar-refractivity contribution < 1.29 is 8.78 Å². The summed E-state index contributed by atoms with van der Waals surface area (Å²) >= 11 is 0. The Morgan fingerprint density at radius 3 is 2.50 bits per heavy atom. The van der Waals surface area contributed by atoms with Crippen LogP contribution in [0.4, 0.5) is 14.5 Å². The summed E-state index contributed by atoms with van der Waals surface area (Å²) in [4.78, 5) is 0. The number of halogens is 2. The van der Waals surface area contributed by atoms with Gasteiger partial charge in [-0.2, -0.15) is 5.10 Å². The van der Waals surface area contributed by atoms with Crippen LogP contribution in [0.1, 0.15) is 25.2 Å². The lowest BCUT2D eigenvalue weighted by atomic mass is 10.2. The molecule has 0 bridgehead atoms. The van der Waals surface area contributed by atoms with Gasteiger partial charge in [0.2, 0.25) is 0 Å². The maximum atomic E-state index is 13.8. The predicted octanol–water partition coefficient (Wildman–Crippen LogP) is 2.86. The number of aromatic nitrogens is 2. The molecule has 0 aliphatic rings. The molecular weight excluding hydrogens is 236 g/mol. The molecule has 0 saturated heterocycles. The van der Waals surface area contributed by atoms with E-state index in [1.807, 2.05) is 13.8 Å². The van der Waals surface area contributed by atoms with Crippen LogP contribution in [-0.2, 0) is 12.8 Å². The van der Waals surface area contributed by atoms with Gasteiger partial charge in [-0.15, -0.1) is 0 Å². The minimum atomic E-state index is -0.644. The molecule has 2 N–H and O–H groups in total. The number of anilines is 1. The van der Waals surface area contributed by atoms with Crippen LogP contribution >= 0.6 is 0 Å². The van der Waals surface area contributed by atoms with Gasteiger partial charge in [0.15, 0.2) is 5.82 Å². The van der Waals surface area contributed by atoms with Crippen LogP contribution < -0.4 is 5.73 Å². The van der Waals surface area contributed by atoms with Gasteiger partial charge in [0.1, 0.15) is 11.5 Å². The van der Waals surface area contributed by atoms with E-state index in [2.05, 4.69) is 5.10 Å². The molecule has 5 heteroatoms. The van der Waals surface area contributed by atoms with Crippen LogP contribution in [0.2, 0.25) is 0 Å². The molecule has 0 aliphatic carbocycles. The highest BCUT2D eigenvalue weighted by Gasteiger charge is 2.16. The van der Waals surface area contributed by atoms with Gasteiger partial charge in [0.05, 0.1) is 17.1 Å². The zero-order valence-electron chi connectivity index (χ0n) is 10.4. The van der Waals surface area contributed by atoms with E-state index in [1.54, 1.807) is 0 Å². The maximum absolute atomic E-state index is 13.8. The third-order valence-corrected chi connectivity index (χ3v) is 2.91. The maximum Gasteiger partial charge on any atom is 0.151 e.